The number of hydrogen-bond acceptors (Lipinski definition) is 3. The van der Waals surface area contributed by atoms with Crippen molar-refractivity contribution in [2.75, 3.05) is 6.26 Å². The zero-order chi connectivity index (χ0) is 22.1. The van der Waals surface area contributed by atoms with Crippen molar-refractivity contribution in [1.82, 2.24) is 0 Å². The van der Waals surface area contributed by atoms with E-state index in [0.717, 1.165) is 50.4 Å². The molecule has 166 valence electrons. The Morgan fingerprint density at radius 1 is 1.40 bits per heavy atom. The minimum atomic E-state index is -3.33. The van der Waals surface area contributed by atoms with E-state index in [1.54, 1.807) is 6.08 Å². The smallest absolute Gasteiger partial charge is 0.185 e. The molecule has 3 nitrogen and oxygen atoms in total. The molecular weight excluding hydrogens is 416 g/mol. The van der Waals surface area contributed by atoms with Gasteiger partial charge in [-0.15, -0.1) is 0 Å². The summed E-state index contributed by atoms with van der Waals surface area (Å²) in [4.78, 5) is 0. The highest BCUT2D eigenvalue weighted by molar-refractivity contribution is 7.96. The average Bonchev–Trinajstić information content (AvgIpc) is 3.03. The number of hydrogen-bond donors (Lipinski definition) is 1. The Hall–Kier alpha value is -1.10. The number of aliphatic hydroxyl groups excluding tert-OH is 1. The molecule has 1 N–H and O–H groups in total. The predicted molar refractivity (Wildman–Crippen MR) is 126 cm³/mol. The number of aliphatic hydroxyl groups is 1. The number of halogens is 1. The second-order valence-electron chi connectivity index (χ2n) is 9.57. The van der Waals surface area contributed by atoms with Crippen molar-refractivity contribution in [2.24, 2.45) is 17.3 Å². The minimum absolute atomic E-state index is 0.0552. The van der Waals surface area contributed by atoms with Crippen LogP contribution in [0.5, 0.6) is 0 Å². The van der Waals surface area contributed by atoms with E-state index in [1.165, 1.54) is 16.7 Å². The molecule has 30 heavy (non-hydrogen) atoms. The summed E-state index contributed by atoms with van der Waals surface area (Å²) < 4.78 is 23.1. The zero-order valence-electron chi connectivity index (χ0n) is 18.5. The highest BCUT2D eigenvalue weighted by Gasteiger charge is 2.45. The lowest BCUT2D eigenvalue weighted by molar-refractivity contribution is 0.158. The quantitative estimate of drug-likeness (QED) is 0.505. The van der Waals surface area contributed by atoms with Crippen LogP contribution < -0.4 is 0 Å². The first kappa shape index (κ1) is 23.6. The van der Waals surface area contributed by atoms with Gasteiger partial charge >= 0.3 is 0 Å². The normalized spacial score (nSPS) is 34.2. The zero-order valence-corrected chi connectivity index (χ0v) is 20.0. The number of fused-ring (bicyclic) bond motifs is 1. The Morgan fingerprint density at radius 2 is 2.13 bits per heavy atom. The summed E-state index contributed by atoms with van der Waals surface area (Å²) in [5, 5.41) is 10.00. The maximum Gasteiger partial charge on any atom is 0.185 e. The van der Waals surface area contributed by atoms with Crippen molar-refractivity contribution < 1.29 is 13.5 Å². The topological polar surface area (TPSA) is 54.4 Å². The van der Waals surface area contributed by atoms with Crippen LogP contribution in [-0.4, -0.2) is 25.9 Å². The van der Waals surface area contributed by atoms with Crippen molar-refractivity contribution in [3.8, 4) is 0 Å². The van der Waals surface area contributed by atoms with Gasteiger partial charge in [0, 0.05) is 6.26 Å². The Kier molecular flexibility index (Phi) is 7.21. The molecule has 5 heteroatoms. The fourth-order valence-corrected chi connectivity index (χ4v) is 6.05. The maximum absolute atomic E-state index is 11.6. The average molecular weight is 451 g/mol. The molecule has 0 aliphatic heterocycles. The molecule has 2 fully saturated rings. The van der Waals surface area contributed by atoms with Crippen molar-refractivity contribution in [2.45, 2.75) is 71.3 Å². The van der Waals surface area contributed by atoms with Crippen LogP contribution in [-0.2, 0) is 9.84 Å². The van der Waals surface area contributed by atoms with Gasteiger partial charge in [0.2, 0.25) is 0 Å². The molecule has 1 unspecified atom stereocenters. The van der Waals surface area contributed by atoms with Crippen LogP contribution in [0.3, 0.4) is 0 Å². The van der Waals surface area contributed by atoms with Crippen molar-refractivity contribution >= 4 is 21.4 Å². The van der Waals surface area contributed by atoms with E-state index >= 15 is 0 Å². The summed E-state index contributed by atoms with van der Waals surface area (Å²) in [7, 11) is -3.33. The van der Waals surface area contributed by atoms with Crippen LogP contribution in [0.1, 0.15) is 65.2 Å². The molecule has 0 spiro atoms. The maximum atomic E-state index is 11.6. The molecular formula is C25H35ClO3S. The van der Waals surface area contributed by atoms with Crippen molar-refractivity contribution in [1.29, 1.82) is 0 Å². The fourth-order valence-electron chi connectivity index (χ4n) is 5.56. The molecule has 0 heterocycles. The summed E-state index contributed by atoms with van der Waals surface area (Å²) in [5.74, 6) is 0.762. The number of allylic oxidation sites excluding steroid dienone is 7. The Morgan fingerprint density at radius 3 is 2.83 bits per heavy atom. The highest BCUT2D eigenvalue weighted by Crippen LogP contribution is 2.57. The van der Waals surface area contributed by atoms with E-state index in [4.69, 9.17) is 11.6 Å². The van der Waals surface area contributed by atoms with E-state index in [-0.39, 0.29) is 21.8 Å². The first-order valence-corrected chi connectivity index (χ1v) is 13.3. The van der Waals surface area contributed by atoms with Gasteiger partial charge in [0.25, 0.3) is 0 Å². The molecule has 3 aliphatic carbocycles. The standard InChI is InChI=1S/C25H35ClO3S/c1-17-7-11-21(27)16-20(17)10-9-19-6-5-15-25(3)22(12-13-23(19)25)18(2)8-14-24(26)30(4,28)29/h9-10,12,14,18,21,23,27H,1,5-8,11,13,15-16H2,2-4H3/b19-9+,20-10-,24-14+/t18?,21-,23-,25+/m0/s1. The fraction of sp³-hybridized carbons (Fsp3) is 0.600. The van der Waals surface area contributed by atoms with Gasteiger partial charge in [0.05, 0.1) is 6.10 Å². The highest BCUT2D eigenvalue weighted by atomic mass is 35.5. The molecule has 0 aromatic heterocycles. The number of sulfone groups is 1. The molecule has 3 aliphatic rings. The largest absolute Gasteiger partial charge is 0.393 e. The third-order valence-corrected chi connectivity index (χ3v) is 9.19. The van der Waals surface area contributed by atoms with Gasteiger partial charge in [0.1, 0.15) is 4.36 Å². The second-order valence-corrected chi connectivity index (χ2v) is 12.2. The van der Waals surface area contributed by atoms with Crippen LogP contribution >= 0.6 is 11.6 Å². The third-order valence-electron chi connectivity index (χ3n) is 7.32. The molecule has 0 radical (unpaired) electrons. The molecule has 0 aromatic carbocycles. The van der Waals surface area contributed by atoms with E-state index in [9.17, 15) is 13.5 Å². The van der Waals surface area contributed by atoms with Crippen molar-refractivity contribution in [3.05, 3.63) is 57.5 Å². The lowest BCUT2D eigenvalue weighted by Gasteiger charge is -2.42. The lowest BCUT2D eigenvalue weighted by Crippen LogP contribution is -2.32. The van der Waals surface area contributed by atoms with Crippen LogP contribution in [0.2, 0.25) is 0 Å². The Bertz CT molecular complexity index is 922. The molecule has 0 amide bonds. The van der Waals surface area contributed by atoms with E-state index < -0.39 is 9.84 Å². The van der Waals surface area contributed by atoms with Gasteiger partial charge in [-0.1, -0.05) is 73.1 Å². The molecule has 4 atom stereocenters. The molecule has 2 saturated carbocycles. The van der Waals surface area contributed by atoms with Crippen LogP contribution in [0, 0.1) is 17.3 Å². The first-order valence-electron chi connectivity index (χ1n) is 11.0. The number of rotatable bonds is 5. The van der Waals surface area contributed by atoms with Crippen molar-refractivity contribution in [3.63, 3.8) is 0 Å². The van der Waals surface area contributed by atoms with Crippen LogP contribution in [0.15, 0.2) is 57.5 Å². The summed E-state index contributed by atoms with van der Waals surface area (Å²) in [6.45, 7) is 8.73. The molecule has 0 bridgehead atoms. The van der Waals surface area contributed by atoms with E-state index in [1.807, 2.05) is 0 Å². The lowest BCUT2D eigenvalue weighted by atomic mass is 9.62. The van der Waals surface area contributed by atoms with Gasteiger partial charge in [-0.3, -0.25) is 0 Å². The summed E-state index contributed by atoms with van der Waals surface area (Å²) in [6.07, 6.45) is 17.0. The summed E-state index contributed by atoms with van der Waals surface area (Å²) in [5.41, 5.74) is 5.40. The van der Waals surface area contributed by atoms with Gasteiger partial charge < -0.3 is 5.11 Å². The summed E-state index contributed by atoms with van der Waals surface area (Å²) >= 11 is 5.95. The molecule has 3 rings (SSSR count). The van der Waals surface area contributed by atoms with Gasteiger partial charge in [-0.25, -0.2) is 8.42 Å². The minimum Gasteiger partial charge on any atom is -0.393 e. The summed E-state index contributed by atoms with van der Waals surface area (Å²) in [6, 6.07) is 0. The second kappa shape index (κ2) is 9.18. The van der Waals surface area contributed by atoms with Gasteiger partial charge in [0.15, 0.2) is 9.84 Å². The van der Waals surface area contributed by atoms with E-state index in [0.29, 0.717) is 18.8 Å². The SMILES string of the molecule is C=C1CC[C@H](O)C/C1=C/C=C1\CCC[C@]2(C)C(C(C)C/C=C(\Cl)S(C)(=O)=O)=CC[C@@H]12. The first-order chi connectivity index (χ1) is 14.0. The Labute approximate surface area is 187 Å². The van der Waals surface area contributed by atoms with Crippen LogP contribution in [0.25, 0.3) is 0 Å². The molecule has 0 saturated heterocycles. The predicted octanol–water partition coefficient (Wildman–Crippen LogP) is 6.23. The van der Waals surface area contributed by atoms with Crippen LogP contribution in [0.4, 0.5) is 0 Å². The monoisotopic (exact) mass is 450 g/mol. The third kappa shape index (κ3) is 5.03. The Balaban J connectivity index is 1.77. The van der Waals surface area contributed by atoms with Gasteiger partial charge in [-0.05, 0) is 74.2 Å². The molecule has 0 aromatic rings. The van der Waals surface area contributed by atoms with Gasteiger partial charge in [-0.2, -0.15) is 0 Å². The van der Waals surface area contributed by atoms with E-state index in [2.05, 4.69) is 38.7 Å².